The summed E-state index contributed by atoms with van der Waals surface area (Å²) >= 11 is 0. The molecule has 2 rings (SSSR count). The van der Waals surface area contributed by atoms with Crippen molar-refractivity contribution in [2.75, 3.05) is 46.5 Å². The highest BCUT2D eigenvalue weighted by atomic mass is 127. The van der Waals surface area contributed by atoms with Crippen molar-refractivity contribution < 1.29 is 9.47 Å². The van der Waals surface area contributed by atoms with Gasteiger partial charge in [0.2, 0.25) is 0 Å². The molecule has 1 atom stereocenters. The monoisotopic (exact) mass is 504 g/mol. The summed E-state index contributed by atoms with van der Waals surface area (Å²) in [5, 5.41) is 6.83. The zero-order valence-corrected chi connectivity index (χ0v) is 20.1. The van der Waals surface area contributed by atoms with Gasteiger partial charge in [-0.1, -0.05) is 12.1 Å². The third-order valence-corrected chi connectivity index (χ3v) is 4.84. The number of nitrogens with zero attached hydrogens (tertiary/aromatic N) is 2. The van der Waals surface area contributed by atoms with E-state index in [1.165, 1.54) is 24.9 Å². The fourth-order valence-corrected chi connectivity index (χ4v) is 3.24. The Morgan fingerprint density at radius 3 is 2.75 bits per heavy atom. The maximum absolute atomic E-state index is 5.93. The van der Waals surface area contributed by atoms with Crippen molar-refractivity contribution in [1.82, 2.24) is 15.5 Å². The number of rotatable bonds is 10. The zero-order valence-electron chi connectivity index (χ0n) is 17.8. The van der Waals surface area contributed by atoms with Gasteiger partial charge in [-0.25, -0.2) is 4.99 Å². The van der Waals surface area contributed by atoms with Crippen LogP contribution in [-0.4, -0.2) is 63.4 Å². The fourth-order valence-electron chi connectivity index (χ4n) is 3.24. The van der Waals surface area contributed by atoms with Gasteiger partial charge in [0.1, 0.15) is 12.4 Å². The first kappa shape index (κ1) is 25.0. The molecule has 0 radical (unpaired) electrons. The maximum atomic E-state index is 5.93. The van der Waals surface area contributed by atoms with Crippen molar-refractivity contribution in [2.24, 2.45) is 4.99 Å². The van der Waals surface area contributed by atoms with Crippen LogP contribution in [0.2, 0.25) is 0 Å². The summed E-state index contributed by atoms with van der Waals surface area (Å²) in [7, 11) is 2.20. The Kier molecular flexibility index (Phi) is 12.5. The normalized spacial score (nSPS) is 17.3. The number of ether oxygens (including phenoxy) is 2. The van der Waals surface area contributed by atoms with Gasteiger partial charge in [0.15, 0.2) is 5.96 Å². The molecule has 1 aliphatic heterocycles. The first-order valence-electron chi connectivity index (χ1n) is 10.2. The number of benzene rings is 1. The molecule has 1 fully saturated rings. The first-order chi connectivity index (χ1) is 13.1. The molecule has 1 saturated heterocycles. The summed E-state index contributed by atoms with van der Waals surface area (Å²) in [6, 6.07) is 6.87. The number of guanidine groups is 1. The van der Waals surface area contributed by atoms with Gasteiger partial charge in [-0.2, -0.15) is 0 Å². The van der Waals surface area contributed by atoms with E-state index in [1.807, 2.05) is 6.92 Å². The number of hydrogen-bond acceptors (Lipinski definition) is 4. The predicted molar refractivity (Wildman–Crippen MR) is 127 cm³/mol. The van der Waals surface area contributed by atoms with Gasteiger partial charge in [0.25, 0.3) is 0 Å². The van der Waals surface area contributed by atoms with Crippen molar-refractivity contribution in [3.63, 3.8) is 0 Å². The van der Waals surface area contributed by atoms with Gasteiger partial charge < -0.3 is 25.0 Å². The first-order valence-corrected chi connectivity index (χ1v) is 10.2. The summed E-state index contributed by atoms with van der Waals surface area (Å²) < 4.78 is 11.3. The van der Waals surface area contributed by atoms with Crippen LogP contribution in [-0.2, 0) is 11.3 Å². The van der Waals surface area contributed by atoms with Gasteiger partial charge in [-0.05, 0) is 58.8 Å². The Bertz CT molecular complexity index is 598. The molecule has 0 aromatic heterocycles. The van der Waals surface area contributed by atoms with E-state index >= 15 is 0 Å². The van der Waals surface area contributed by atoms with Crippen LogP contribution in [0.15, 0.2) is 23.2 Å². The Labute approximate surface area is 187 Å². The summed E-state index contributed by atoms with van der Waals surface area (Å²) in [6.45, 7) is 11.6. The lowest BCUT2D eigenvalue weighted by Gasteiger charge is -2.21. The maximum Gasteiger partial charge on any atom is 0.191 e. The lowest BCUT2D eigenvalue weighted by Crippen LogP contribution is -2.44. The summed E-state index contributed by atoms with van der Waals surface area (Å²) in [4.78, 5) is 7.19. The zero-order chi connectivity index (χ0) is 19.5. The van der Waals surface area contributed by atoms with E-state index in [0.717, 1.165) is 30.4 Å². The van der Waals surface area contributed by atoms with Gasteiger partial charge in [-0.3, -0.25) is 0 Å². The Balaban J connectivity index is 0.00000392. The molecule has 6 nitrogen and oxygen atoms in total. The predicted octanol–water partition coefficient (Wildman–Crippen LogP) is 3.18. The fraction of sp³-hybridized carbons (Fsp3) is 0.667. The van der Waals surface area contributed by atoms with Gasteiger partial charge >= 0.3 is 0 Å². The molecular weight excluding hydrogens is 467 g/mol. The smallest absolute Gasteiger partial charge is 0.191 e. The minimum absolute atomic E-state index is 0. The topological polar surface area (TPSA) is 58.1 Å². The Morgan fingerprint density at radius 1 is 1.25 bits per heavy atom. The third-order valence-electron chi connectivity index (χ3n) is 4.84. The van der Waals surface area contributed by atoms with Crippen LogP contribution in [0.5, 0.6) is 5.75 Å². The highest BCUT2D eigenvalue weighted by Gasteiger charge is 2.20. The largest absolute Gasteiger partial charge is 0.491 e. The number of likely N-dealkylation sites (N-methyl/N-ethyl adjacent to an activating group) is 1. The van der Waals surface area contributed by atoms with E-state index in [0.29, 0.717) is 32.4 Å². The molecule has 1 aliphatic rings. The highest BCUT2D eigenvalue weighted by molar-refractivity contribution is 14.0. The van der Waals surface area contributed by atoms with Crippen molar-refractivity contribution in [2.45, 2.75) is 46.2 Å². The van der Waals surface area contributed by atoms with Crippen LogP contribution in [0.25, 0.3) is 0 Å². The average Bonchev–Trinajstić information content (AvgIpc) is 3.07. The molecule has 1 heterocycles. The van der Waals surface area contributed by atoms with Gasteiger partial charge in [-0.15, -0.1) is 24.0 Å². The van der Waals surface area contributed by atoms with Crippen molar-refractivity contribution in [3.8, 4) is 5.75 Å². The minimum atomic E-state index is 0. The highest BCUT2D eigenvalue weighted by Crippen LogP contribution is 2.21. The SMILES string of the molecule is CCNC(=NCc1ccc(C)cc1OCCOCC)NCC1CCCN1C.I. The third kappa shape index (κ3) is 8.53. The van der Waals surface area contributed by atoms with Gasteiger partial charge in [0, 0.05) is 31.3 Å². The van der Waals surface area contributed by atoms with E-state index in [2.05, 4.69) is 54.6 Å². The standard InChI is InChI=1S/C21H36N4O2.HI/c1-5-22-21(24-16-19-8-7-11-25(19)4)23-15-18-10-9-17(3)14-20(18)27-13-12-26-6-2;/h9-10,14,19H,5-8,11-13,15-16H2,1-4H3,(H2,22,23,24);1H. The van der Waals surface area contributed by atoms with E-state index in [-0.39, 0.29) is 24.0 Å². The van der Waals surface area contributed by atoms with Crippen molar-refractivity contribution >= 4 is 29.9 Å². The molecule has 0 spiro atoms. The van der Waals surface area contributed by atoms with E-state index in [4.69, 9.17) is 14.5 Å². The molecule has 0 amide bonds. The molecule has 28 heavy (non-hydrogen) atoms. The molecule has 0 aliphatic carbocycles. The van der Waals surface area contributed by atoms with Crippen LogP contribution >= 0.6 is 24.0 Å². The molecule has 2 N–H and O–H groups in total. The Morgan fingerprint density at radius 2 is 2.07 bits per heavy atom. The quantitative estimate of drug-likeness (QED) is 0.222. The number of halogens is 1. The lowest BCUT2D eigenvalue weighted by molar-refractivity contribution is 0.110. The van der Waals surface area contributed by atoms with Crippen LogP contribution in [0.3, 0.4) is 0 Å². The lowest BCUT2D eigenvalue weighted by atomic mass is 10.1. The molecule has 0 bridgehead atoms. The van der Waals surface area contributed by atoms with E-state index < -0.39 is 0 Å². The second-order valence-electron chi connectivity index (χ2n) is 7.01. The Hall–Kier alpha value is -1.06. The molecule has 0 saturated carbocycles. The van der Waals surface area contributed by atoms with Crippen LogP contribution in [0.1, 0.15) is 37.8 Å². The molecule has 1 unspecified atom stereocenters. The summed E-state index contributed by atoms with van der Waals surface area (Å²) in [5.74, 6) is 1.75. The number of likely N-dealkylation sites (tertiary alicyclic amines) is 1. The second kappa shape index (κ2) is 14.0. The number of nitrogens with one attached hydrogen (secondary N) is 2. The van der Waals surface area contributed by atoms with Gasteiger partial charge in [0.05, 0.1) is 13.2 Å². The van der Waals surface area contributed by atoms with Crippen LogP contribution in [0.4, 0.5) is 0 Å². The summed E-state index contributed by atoms with van der Waals surface area (Å²) in [5.41, 5.74) is 2.27. The molecular formula is C21H37IN4O2. The average molecular weight is 504 g/mol. The number of aryl methyl sites for hydroxylation is 1. The second-order valence-corrected chi connectivity index (χ2v) is 7.01. The molecule has 160 valence electrons. The minimum Gasteiger partial charge on any atom is -0.491 e. The van der Waals surface area contributed by atoms with Crippen LogP contribution in [0, 0.1) is 6.92 Å². The van der Waals surface area contributed by atoms with Crippen LogP contribution < -0.4 is 15.4 Å². The number of hydrogen-bond donors (Lipinski definition) is 2. The van der Waals surface area contributed by atoms with Crippen molar-refractivity contribution in [1.29, 1.82) is 0 Å². The van der Waals surface area contributed by atoms with Crippen molar-refractivity contribution in [3.05, 3.63) is 29.3 Å². The summed E-state index contributed by atoms with van der Waals surface area (Å²) in [6.07, 6.45) is 2.53. The number of aliphatic imine (C=N–C) groups is 1. The van der Waals surface area contributed by atoms with E-state index in [1.54, 1.807) is 0 Å². The molecule has 1 aromatic carbocycles. The molecule has 1 aromatic rings. The van der Waals surface area contributed by atoms with E-state index in [9.17, 15) is 0 Å². The molecule has 7 heteroatoms.